The van der Waals surface area contributed by atoms with E-state index in [1.54, 1.807) is 13.2 Å². The SMILES string of the molecule is COc1ccc(OCCNc2cc(C(=O)NCC3CCCO3)ncn2)cc1. The maximum atomic E-state index is 12.2. The molecule has 0 radical (unpaired) electrons. The van der Waals surface area contributed by atoms with Gasteiger partial charge in [0.1, 0.15) is 35.9 Å². The highest BCUT2D eigenvalue weighted by Crippen LogP contribution is 2.16. The minimum atomic E-state index is -0.231. The van der Waals surface area contributed by atoms with E-state index in [0.717, 1.165) is 30.9 Å². The average Bonchev–Trinajstić information content (AvgIpc) is 3.24. The summed E-state index contributed by atoms with van der Waals surface area (Å²) in [5, 5.41) is 5.97. The highest BCUT2D eigenvalue weighted by molar-refractivity contribution is 5.92. The largest absolute Gasteiger partial charge is 0.497 e. The van der Waals surface area contributed by atoms with Crippen molar-refractivity contribution < 1.29 is 19.0 Å². The number of carbonyl (C=O) groups is 1. The predicted octanol–water partition coefficient (Wildman–Crippen LogP) is 1.88. The standard InChI is InChI=1S/C19H24N4O4/c1-25-14-4-6-15(7-5-14)27-10-8-20-18-11-17(22-13-23-18)19(24)21-12-16-3-2-9-26-16/h4-7,11,13,16H,2-3,8-10,12H2,1H3,(H,21,24)(H,20,22,23). The molecule has 1 aromatic heterocycles. The van der Waals surface area contributed by atoms with Crippen LogP contribution in [0.1, 0.15) is 23.3 Å². The molecule has 0 aliphatic carbocycles. The number of nitrogens with one attached hydrogen (secondary N) is 2. The summed E-state index contributed by atoms with van der Waals surface area (Å²) in [6.07, 6.45) is 3.49. The van der Waals surface area contributed by atoms with Crippen LogP contribution in [0.2, 0.25) is 0 Å². The van der Waals surface area contributed by atoms with E-state index in [4.69, 9.17) is 14.2 Å². The maximum absolute atomic E-state index is 12.2. The third-order valence-corrected chi connectivity index (χ3v) is 4.15. The number of amides is 1. The number of anilines is 1. The fourth-order valence-corrected chi connectivity index (χ4v) is 2.70. The molecule has 8 nitrogen and oxygen atoms in total. The van der Waals surface area contributed by atoms with Gasteiger partial charge in [-0.3, -0.25) is 4.79 Å². The van der Waals surface area contributed by atoms with Crippen LogP contribution in [0.25, 0.3) is 0 Å². The van der Waals surface area contributed by atoms with Gasteiger partial charge in [-0.05, 0) is 37.1 Å². The Hall–Kier alpha value is -2.87. The van der Waals surface area contributed by atoms with Gasteiger partial charge in [-0.2, -0.15) is 0 Å². The Balaban J connectivity index is 1.41. The molecule has 2 N–H and O–H groups in total. The summed E-state index contributed by atoms with van der Waals surface area (Å²) in [6, 6.07) is 9.00. The lowest BCUT2D eigenvalue weighted by Crippen LogP contribution is -2.32. The first-order valence-electron chi connectivity index (χ1n) is 8.97. The van der Waals surface area contributed by atoms with Crippen LogP contribution in [-0.2, 0) is 4.74 Å². The fourth-order valence-electron chi connectivity index (χ4n) is 2.70. The third kappa shape index (κ3) is 5.82. The molecule has 3 rings (SSSR count). The van der Waals surface area contributed by atoms with Gasteiger partial charge in [0.25, 0.3) is 5.91 Å². The first-order valence-corrected chi connectivity index (χ1v) is 8.97. The van der Waals surface area contributed by atoms with E-state index in [1.807, 2.05) is 24.3 Å². The predicted molar refractivity (Wildman–Crippen MR) is 100 cm³/mol. The molecule has 1 aliphatic heterocycles. The normalized spacial score (nSPS) is 16.0. The first kappa shape index (κ1) is 18.9. The van der Waals surface area contributed by atoms with E-state index in [0.29, 0.717) is 31.2 Å². The smallest absolute Gasteiger partial charge is 0.270 e. The molecule has 8 heteroatoms. The van der Waals surface area contributed by atoms with Crippen LogP contribution in [0.4, 0.5) is 5.82 Å². The van der Waals surface area contributed by atoms with Crippen molar-refractivity contribution in [3.05, 3.63) is 42.4 Å². The Labute approximate surface area is 158 Å². The van der Waals surface area contributed by atoms with Crippen molar-refractivity contribution in [2.75, 3.05) is 38.7 Å². The monoisotopic (exact) mass is 372 g/mol. The van der Waals surface area contributed by atoms with Crippen LogP contribution in [-0.4, -0.2) is 55.4 Å². The number of aromatic nitrogens is 2. The van der Waals surface area contributed by atoms with Gasteiger partial charge in [-0.15, -0.1) is 0 Å². The molecule has 1 amide bonds. The quantitative estimate of drug-likeness (QED) is 0.649. The molecule has 2 aromatic rings. The lowest BCUT2D eigenvalue weighted by molar-refractivity contribution is 0.0853. The second-order valence-electron chi connectivity index (χ2n) is 6.08. The Morgan fingerprint density at radius 1 is 1.26 bits per heavy atom. The molecule has 0 saturated carbocycles. The van der Waals surface area contributed by atoms with Crippen LogP contribution in [0.5, 0.6) is 11.5 Å². The molecule has 1 atom stereocenters. The molecule has 1 aromatic carbocycles. The van der Waals surface area contributed by atoms with E-state index in [9.17, 15) is 4.79 Å². The van der Waals surface area contributed by atoms with Crippen molar-refractivity contribution in [1.29, 1.82) is 0 Å². The molecule has 1 fully saturated rings. The van der Waals surface area contributed by atoms with Crippen molar-refractivity contribution in [2.45, 2.75) is 18.9 Å². The van der Waals surface area contributed by atoms with E-state index >= 15 is 0 Å². The van der Waals surface area contributed by atoms with E-state index in [-0.39, 0.29) is 12.0 Å². The second kappa shape index (κ2) is 9.72. The minimum Gasteiger partial charge on any atom is -0.497 e. The topological polar surface area (TPSA) is 94.6 Å². The number of carbonyl (C=O) groups excluding carboxylic acids is 1. The van der Waals surface area contributed by atoms with Crippen molar-refractivity contribution in [3.8, 4) is 11.5 Å². The van der Waals surface area contributed by atoms with Crippen LogP contribution in [0.15, 0.2) is 36.7 Å². The van der Waals surface area contributed by atoms with Crippen LogP contribution >= 0.6 is 0 Å². The lowest BCUT2D eigenvalue weighted by Gasteiger charge is -2.11. The average molecular weight is 372 g/mol. The number of methoxy groups -OCH3 is 1. The van der Waals surface area contributed by atoms with Gasteiger partial charge >= 0.3 is 0 Å². The van der Waals surface area contributed by atoms with Crippen molar-refractivity contribution in [3.63, 3.8) is 0 Å². The Bertz CT molecular complexity index is 733. The second-order valence-corrected chi connectivity index (χ2v) is 6.08. The molecule has 0 bridgehead atoms. The van der Waals surface area contributed by atoms with Gasteiger partial charge in [0.2, 0.25) is 0 Å². The molecule has 144 valence electrons. The van der Waals surface area contributed by atoms with Crippen molar-refractivity contribution >= 4 is 11.7 Å². The Morgan fingerprint density at radius 2 is 2.07 bits per heavy atom. The van der Waals surface area contributed by atoms with Gasteiger partial charge in [-0.25, -0.2) is 9.97 Å². The van der Waals surface area contributed by atoms with Gasteiger partial charge in [0, 0.05) is 19.2 Å². The summed E-state index contributed by atoms with van der Waals surface area (Å²) in [4.78, 5) is 20.4. The summed E-state index contributed by atoms with van der Waals surface area (Å²) in [6.45, 7) is 2.26. The summed E-state index contributed by atoms with van der Waals surface area (Å²) < 4.78 is 16.3. The molecule has 1 unspecified atom stereocenters. The van der Waals surface area contributed by atoms with Crippen molar-refractivity contribution in [1.82, 2.24) is 15.3 Å². The Morgan fingerprint density at radius 3 is 2.81 bits per heavy atom. The number of hydrogen-bond donors (Lipinski definition) is 2. The lowest BCUT2D eigenvalue weighted by atomic mass is 10.2. The molecule has 0 spiro atoms. The minimum absolute atomic E-state index is 0.100. The molecular weight excluding hydrogens is 348 g/mol. The first-order chi connectivity index (χ1) is 13.2. The summed E-state index contributed by atoms with van der Waals surface area (Å²) in [7, 11) is 1.62. The van der Waals surface area contributed by atoms with E-state index < -0.39 is 0 Å². The number of ether oxygens (including phenoxy) is 3. The maximum Gasteiger partial charge on any atom is 0.270 e. The summed E-state index contributed by atoms with van der Waals surface area (Å²) in [5.74, 6) is 1.89. The van der Waals surface area contributed by atoms with Crippen LogP contribution in [0.3, 0.4) is 0 Å². The molecule has 1 aliphatic rings. The molecule has 1 saturated heterocycles. The summed E-state index contributed by atoms with van der Waals surface area (Å²) >= 11 is 0. The number of benzene rings is 1. The number of hydrogen-bond acceptors (Lipinski definition) is 7. The molecular formula is C19H24N4O4. The molecule has 27 heavy (non-hydrogen) atoms. The van der Waals surface area contributed by atoms with E-state index in [1.165, 1.54) is 6.33 Å². The van der Waals surface area contributed by atoms with Gasteiger partial charge in [-0.1, -0.05) is 0 Å². The zero-order valence-corrected chi connectivity index (χ0v) is 15.3. The van der Waals surface area contributed by atoms with E-state index in [2.05, 4.69) is 20.6 Å². The van der Waals surface area contributed by atoms with Gasteiger partial charge in [0.15, 0.2) is 0 Å². The van der Waals surface area contributed by atoms with Crippen molar-refractivity contribution in [2.24, 2.45) is 0 Å². The highest BCUT2D eigenvalue weighted by Gasteiger charge is 2.17. The highest BCUT2D eigenvalue weighted by atomic mass is 16.5. The van der Waals surface area contributed by atoms with Crippen LogP contribution < -0.4 is 20.1 Å². The van der Waals surface area contributed by atoms with Gasteiger partial charge in [0.05, 0.1) is 19.8 Å². The zero-order valence-electron chi connectivity index (χ0n) is 15.3. The van der Waals surface area contributed by atoms with Crippen LogP contribution in [0, 0.1) is 0 Å². The number of nitrogens with zero attached hydrogens (tertiary/aromatic N) is 2. The van der Waals surface area contributed by atoms with Gasteiger partial charge < -0.3 is 24.8 Å². The number of rotatable bonds is 9. The third-order valence-electron chi connectivity index (χ3n) is 4.15. The molecule has 2 heterocycles. The zero-order chi connectivity index (χ0) is 18.9. The fraction of sp³-hybridized carbons (Fsp3) is 0.421. The Kier molecular flexibility index (Phi) is 6.81. The summed E-state index contributed by atoms with van der Waals surface area (Å²) in [5.41, 5.74) is 0.321.